The van der Waals surface area contributed by atoms with Crippen molar-refractivity contribution in [3.8, 4) is 11.3 Å². The van der Waals surface area contributed by atoms with Crippen molar-refractivity contribution in [3.05, 3.63) is 59.4 Å². The molecule has 1 aliphatic heterocycles. The van der Waals surface area contributed by atoms with Gasteiger partial charge in [-0.1, -0.05) is 0 Å². The molecule has 3 aromatic heterocycles. The number of piperazine rings is 1. The zero-order valence-corrected chi connectivity index (χ0v) is 17.4. The number of hydrogen-bond acceptors (Lipinski definition) is 7. The van der Waals surface area contributed by atoms with Gasteiger partial charge < -0.3 is 0 Å². The van der Waals surface area contributed by atoms with Crippen molar-refractivity contribution in [3.63, 3.8) is 0 Å². The Labute approximate surface area is 174 Å². The number of pyridine rings is 1. The maximum absolute atomic E-state index is 12.7. The molecule has 0 radical (unpaired) electrons. The van der Waals surface area contributed by atoms with Gasteiger partial charge in [0, 0.05) is 70.0 Å². The molecule has 0 spiro atoms. The molecule has 158 valence electrons. The van der Waals surface area contributed by atoms with Crippen molar-refractivity contribution in [2.24, 2.45) is 7.05 Å². The lowest BCUT2D eigenvalue weighted by molar-refractivity contribution is 0.180. The standard InChI is InChI=1S/C19H23N7O3S/c1-23-15-17(14-21-23)30(28,29)25-11-8-24(9-12-25)10-13-26-19(27)3-2-18(22-26)16-4-6-20-7-5-16/h2-7,14-15H,8-13H2,1H3. The molecule has 0 unspecified atom stereocenters. The molecule has 0 amide bonds. The van der Waals surface area contributed by atoms with E-state index < -0.39 is 10.0 Å². The van der Waals surface area contributed by atoms with E-state index in [9.17, 15) is 13.2 Å². The Bertz CT molecular complexity index is 1170. The third-order valence-corrected chi connectivity index (χ3v) is 6.97. The van der Waals surface area contributed by atoms with Gasteiger partial charge in [-0.15, -0.1) is 0 Å². The fraction of sp³-hybridized carbons (Fsp3) is 0.368. The van der Waals surface area contributed by atoms with E-state index in [4.69, 9.17) is 0 Å². The Hall–Kier alpha value is -2.89. The van der Waals surface area contributed by atoms with Crippen molar-refractivity contribution >= 4 is 10.0 Å². The van der Waals surface area contributed by atoms with Crippen LogP contribution in [0.1, 0.15) is 0 Å². The highest BCUT2D eigenvalue weighted by Gasteiger charge is 2.29. The van der Waals surface area contributed by atoms with E-state index >= 15 is 0 Å². The lowest BCUT2D eigenvalue weighted by atomic mass is 10.2. The van der Waals surface area contributed by atoms with E-state index in [2.05, 4.69) is 20.1 Å². The van der Waals surface area contributed by atoms with Gasteiger partial charge in [-0.25, -0.2) is 13.1 Å². The molecule has 11 heteroatoms. The molecule has 0 aromatic carbocycles. The Kier molecular flexibility index (Phi) is 5.75. The average molecular weight is 430 g/mol. The summed E-state index contributed by atoms with van der Waals surface area (Å²) in [5, 5.41) is 8.41. The summed E-state index contributed by atoms with van der Waals surface area (Å²) < 4.78 is 29.8. The summed E-state index contributed by atoms with van der Waals surface area (Å²) in [4.78, 5) is 18.5. The first-order valence-corrected chi connectivity index (χ1v) is 11.1. The van der Waals surface area contributed by atoms with Crippen molar-refractivity contribution < 1.29 is 8.42 Å². The first-order valence-electron chi connectivity index (χ1n) is 9.63. The molecule has 0 atom stereocenters. The lowest BCUT2D eigenvalue weighted by Gasteiger charge is -2.33. The number of aromatic nitrogens is 5. The van der Waals surface area contributed by atoms with Crippen LogP contribution in [-0.2, 0) is 23.6 Å². The summed E-state index contributed by atoms with van der Waals surface area (Å²) in [6.45, 7) is 3.05. The van der Waals surface area contributed by atoms with Gasteiger partial charge in [0.2, 0.25) is 10.0 Å². The molecular formula is C19H23N7O3S. The van der Waals surface area contributed by atoms with Crippen LogP contribution in [0.4, 0.5) is 0 Å². The molecule has 10 nitrogen and oxygen atoms in total. The molecule has 0 bridgehead atoms. The molecule has 0 N–H and O–H groups in total. The van der Waals surface area contributed by atoms with Gasteiger partial charge in [0.15, 0.2) is 0 Å². The minimum atomic E-state index is -3.52. The summed E-state index contributed by atoms with van der Waals surface area (Å²) in [5.74, 6) is 0. The summed E-state index contributed by atoms with van der Waals surface area (Å²) in [5.41, 5.74) is 1.45. The van der Waals surface area contributed by atoms with Gasteiger partial charge in [0.05, 0.1) is 18.4 Å². The average Bonchev–Trinajstić information content (AvgIpc) is 3.21. The summed E-state index contributed by atoms with van der Waals surface area (Å²) in [6, 6.07) is 6.91. The highest BCUT2D eigenvalue weighted by atomic mass is 32.2. The maximum atomic E-state index is 12.7. The fourth-order valence-corrected chi connectivity index (χ4v) is 4.80. The van der Waals surface area contributed by atoms with Crippen LogP contribution in [0.2, 0.25) is 0 Å². The molecule has 0 saturated carbocycles. The number of sulfonamides is 1. The van der Waals surface area contributed by atoms with Gasteiger partial charge in [-0.3, -0.25) is 19.4 Å². The first kappa shape index (κ1) is 20.4. The molecule has 3 aromatic rings. The Morgan fingerprint density at radius 2 is 1.73 bits per heavy atom. The van der Waals surface area contributed by atoms with E-state index in [0.717, 1.165) is 5.56 Å². The van der Waals surface area contributed by atoms with Crippen LogP contribution >= 0.6 is 0 Å². The van der Waals surface area contributed by atoms with Crippen LogP contribution in [0.25, 0.3) is 11.3 Å². The number of hydrogen-bond donors (Lipinski definition) is 0. The molecule has 1 saturated heterocycles. The fourth-order valence-electron chi connectivity index (χ4n) is 3.40. The third kappa shape index (κ3) is 4.32. The van der Waals surface area contributed by atoms with Gasteiger partial charge >= 0.3 is 0 Å². The molecular weight excluding hydrogens is 406 g/mol. The second-order valence-corrected chi connectivity index (χ2v) is 9.05. The van der Waals surface area contributed by atoms with E-state index in [1.165, 1.54) is 32.1 Å². The van der Waals surface area contributed by atoms with Gasteiger partial charge in [0.25, 0.3) is 5.56 Å². The molecule has 0 aliphatic carbocycles. The quantitative estimate of drug-likeness (QED) is 0.545. The van der Waals surface area contributed by atoms with Crippen molar-refractivity contribution in [2.75, 3.05) is 32.7 Å². The summed E-state index contributed by atoms with van der Waals surface area (Å²) in [6.07, 6.45) is 6.25. The van der Waals surface area contributed by atoms with Gasteiger partial charge in [0.1, 0.15) is 4.90 Å². The van der Waals surface area contributed by atoms with Crippen molar-refractivity contribution in [2.45, 2.75) is 11.4 Å². The Morgan fingerprint density at radius 1 is 1.00 bits per heavy atom. The largest absolute Gasteiger partial charge is 0.299 e. The second-order valence-electron chi connectivity index (χ2n) is 7.11. The predicted octanol–water partition coefficient (Wildman–Crippen LogP) is 0.0453. The van der Waals surface area contributed by atoms with Crippen LogP contribution in [-0.4, -0.2) is 74.9 Å². The highest BCUT2D eigenvalue weighted by Crippen LogP contribution is 2.17. The molecule has 4 heterocycles. The van der Waals surface area contributed by atoms with Crippen molar-refractivity contribution in [1.82, 2.24) is 33.8 Å². The molecule has 30 heavy (non-hydrogen) atoms. The zero-order valence-electron chi connectivity index (χ0n) is 16.6. The number of rotatable bonds is 6. The van der Waals surface area contributed by atoms with Gasteiger partial charge in [-0.05, 0) is 18.2 Å². The molecule has 1 aliphatic rings. The van der Waals surface area contributed by atoms with E-state index in [1.807, 2.05) is 12.1 Å². The SMILES string of the molecule is Cn1cc(S(=O)(=O)N2CCN(CCn3nc(-c4ccncc4)ccc3=O)CC2)cn1. The monoisotopic (exact) mass is 429 g/mol. The van der Waals surface area contributed by atoms with Gasteiger partial charge in [-0.2, -0.15) is 14.5 Å². The second kappa shape index (κ2) is 8.46. The van der Waals surface area contributed by atoms with Crippen LogP contribution in [0, 0.1) is 0 Å². The van der Waals surface area contributed by atoms with Crippen LogP contribution in [0.3, 0.4) is 0 Å². The van der Waals surface area contributed by atoms with E-state index in [0.29, 0.717) is 45.0 Å². The zero-order chi connectivity index (χ0) is 21.1. The summed E-state index contributed by atoms with van der Waals surface area (Å²) >= 11 is 0. The van der Waals surface area contributed by atoms with E-state index in [1.54, 1.807) is 25.5 Å². The summed E-state index contributed by atoms with van der Waals surface area (Å²) in [7, 11) is -1.83. The highest BCUT2D eigenvalue weighted by molar-refractivity contribution is 7.89. The first-order chi connectivity index (χ1) is 14.4. The van der Waals surface area contributed by atoms with Crippen LogP contribution in [0.15, 0.2) is 58.7 Å². The number of nitrogens with zero attached hydrogens (tertiary/aromatic N) is 7. The van der Waals surface area contributed by atoms with Crippen LogP contribution < -0.4 is 5.56 Å². The van der Waals surface area contributed by atoms with Crippen molar-refractivity contribution in [1.29, 1.82) is 0 Å². The topological polar surface area (TPSA) is 106 Å². The van der Waals surface area contributed by atoms with E-state index in [-0.39, 0.29) is 10.5 Å². The maximum Gasteiger partial charge on any atom is 0.266 e. The smallest absolute Gasteiger partial charge is 0.266 e. The minimum absolute atomic E-state index is 0.161. The Balaban J connectivity index is 1.37. The Morgan fingerprint density at radius 3 is 2.40 bits per heavy atom. The number of aryl methyl sites for hydroxylation is 1. The lowest BCUT2D eigenvalue weighted by Crippen LogP contribution is -2.49. The predicted molar refractivity (Wildman–Crippen MR) is 110 cm³/mol. The minimum Gasteiger partial charge on any atom is -0.299 e. The third-order valence-electron chi connectivity index (χ3n) is 5.12. The van der Waals surface area contributed by atoms with Crippen LogP contribution in [0.5, 0.6) is 0 Å². The molecule has 1 fully saturated rings. The normalized spacial score (nSPS) is 16.0. The molecule has 4 rings (SSSR count).